The third-order valence-electron chi connectivity index (χ3n) is 3.82. The Morgan fingerprint density at radius 2 is 1.96 bits per heavy atom. The summed E-state index contributed by atoms with van der Waals surface area (Å²) in [5.74, 6) is -0.573. The summed E-state index contributed by atoms with van der Waals surface area (Å²) in [5, 5.41) is 9.68. The lowest BCUT2D eigenvalue weighted by Gasteiger charge is -2.07. The molecule has 0 aliphatic carbocycles. The van der Waals surface area contributed by atoms with E-state index in [2.05, 4.69) is 4.72 Å². The summed E-state index contributed by atoms with van der Waals surface area (Å²) in [5.41, 5.74) is 2.46. The number of hydrogen-bond donors (Lipinski definition) is 2. The molecule has 0 fully saturated rings. The lowest BCUT2D eigenvalue weighted by atomic mass is 9.78. The number of fused-ring (bicyclic) bond motifs is 1. The summed E-state index contributed by atoms with van der Waals surface area (Å²) in [6.45, 7) is 0.368. The number of benzene rings is 2. The van der Waals surface area contributed by atoms with Crippen LogP contribution in [-0.2, 0) is 32.5 Å². The Morgan fingerprint density at radius 1 is 1.21 bits per heavy atom. The first-order valence-corrected chi connectivity index (χ1v) is 8.96. The molecule has 0 unspecified atom stereocenters. The monoisotopic (exact) mass is 345 g/mol. The minimum absolute atomic E-state index is 0.0296. The van der Waals surface area contributed by atoms with Gasteiger partial charge in [0.25, 0.3) is 10.0 Å². The molecule has 1 aliphatic heterocycles. The Morgan fingerprint density at radius 3 is 2.71 bits per heavy atom. The number of rotatable bonds is 5. The van der Waals surface area contributed by atoms with Crippen LogP contribution in [0.15, 0.2) is 53.4 Å². The molecule has 24 heavy (non-hydrogen) atoms. The van der Waals surface area contributed by atoms with Gasteiger partial charge >= 0.3 is 7.12 Å². The molecule has 0 saturated heterocycles. The van der Waals surface area contributed by atoms with Gasteiger partial charge in [-0.25, -0.2) is 13.1 Å². The highest BCUT2D eigenvalue weighted by atomic mass is 32.2. The van der Waals surface area contributed by atoms with Crippen molar-refractivity contribution in [2.75, 3.05) is 0 Å². The summed E-state index contributed by atoms with van der Waals surface area (Å²) in [6.07, 6.45) is 0.401. The van der Waals surface area contributed by atoms with Crippen LogP contribution in [0.1, 0.15) is 17.5 Å². The van der Waals surface area contributed by atoms with Crippen molar-refractivity contribution in [2.24, 2.45) is 0 Å². The Balaban J connectivity index is 1.61. The molecule has 0 saturated carbocycles. The van der Waals surface area contributed by atoms with Gasteiger partial charge in [0.2, 0.25) is 5.91 Å². The fraction of sp³-hybridized carbons (Fsp3) is 0.188. The van der Waals surface area contributed by atoms with E-state index in [0.717, 1.165) is 11.1 Å². The standard InChI is InChI=1S/C16H16BNO5S/c19-16(18-24(21,22)14-4-2-1-3-5-14)9-7-12-6-8-13-11-23-17(20)15(13)10-12/h1-6,8,10,20H,7,9,11H2,(H,18,19). The molecule has 2 N–H and O–H groups in total. The van der Waals surface area contributed by atoms with Crippen LogP contribution >= 0.6 is 0 Å². The lowest BCUT2D eigenvalue weighted by molar-refractivity contribution is -0.119. The molecule has 8 heteroatoms. The van der Waals surface area contributed by atoms with E-state index in [1.54, 1.807) is 24.3 Å². The molecule has 0 radical (unpaired) electrons. The quantitative estimate of drug-likeness (QED) is 0.763. The van der Waals surface area contributed by atoms with Crippen LogP contribution in [0.25, 0.3) is 0 Å². The topological polar surface area (TPSA) is 92.7 Å². The molecule has 0 aromatic heterocycles. The van der Waals surface area contributed by atoms with E-state index < -0.39 is 23.0 Å². The van der Waals surface area contributed by atoms with Crippen molar-refractivity contribution >= 4 is 28.5 Å². The maximum absolute atomic E-state index is 12.1. The zero-order valence-corrected chi connectivity index (χ0v) is 13.6. The van der Waals surface area contributed by atoms with Gasteiger partial charge < -0.3 is 9.68 Å². The Hall–Kier alpha value is -2.16. The number of sulfonamides is 1. The van der Waals surface area contributed by atoms with E-state index in [4.69, 9.17) is 4.65 Å². The maximum Gasteiger partial charge on any atom is 0.491 e. The van der Waals surface area contributed by atoms with Gasteiger partial charge in [-0.05, 0) is 35.1 Å². The molecule has 2 aromatic rings. The number of nitrogens with one attached hydrogen (secondary N) is 1. The first kappa shape index (κ1) is 16.7. The molecule has 1 amide bonds. The Labute approximate surface area is 140 Å². The van der Waals surface area contributed by atoms with Crippen molar-refractivity contribution in [1.82, 2.24) is 4.72 Å². The van der Waals surface area contributed by atoms with E-state index >= 15 is 0 Å². The number of carbonyl (C=O) groups is 1. The summed E-state index contributed by atoms with van der Waals surface area (Å²) in [6, 6.07) is 13.2. The highest BCUT2D eigenvalue weighted by Gasteiger charge is 2.27. The Bertz CT molecular complexity index is 854. The van der Waals surface area contributed by atoms with Gasteiger partial charge in [0, 0.05) is 6.42 Å². The third kappa shape index (κ3) is 3.67. The van der Waals surface area contributed by atoms with Gasteiger partial charge in [-0.15, -0.1) is 0 Å². The van der Waals surface area contributed by atoms with Crippen LogP contribution in [0, 0.1) is 0 Å². The molecule has 1 aliphatic rings. The first-order chi connectivity index (χ1) is 11.5. The van der Waals surface area contributed by atoms with Crippen LogP contribution in [0.4, 0.5) is 0 Å². The van der Waals surface area contributed by atoms with Gasteiger partial charge in [-0.1, -0.05) is 36.4 Å². The van der Waals surface area contributed by atoms with E-state index in [9.17, 15) is 18.2 Å². The minimum atomic E-state index is -3.84. The number of aryl methyl sites for hydroxylation is 1. The van der Waals surface area contributed by atoms with E-state index in [-0.39, 0.29) is 11.3 Å². The smallest absolute Gasteiger partial charge is 0.423 e. The van der Waals surface area contributed by atoms with Crippen molar-refractivity contribution in [3.05, 3.63) is 59.7 Å². The predicted molar refractivity (Wildman–Crippen MR) is 88.9 cm³/mol. The van der Waals surface area contributed by atoms with E-state index in [0.29, 0.717) is 18.5 Å². The largest absolute Gasteiger partial charge is 0.491 e. The van der Waals surface area contributed by atoms with Gasteiger partial charge in [0.1, 0.15) is 0 Å². The second-order valence-electron chi connectivity index (χ2n) is 5.54. The number of carbonyl (C=O) groups excluding carboxylic acids is 1. The van der Waals surface area contributed by atoms with Crippen LogP contribution in [0.5, 0.6) is 0 Å². The third-order valence-corrected chi connectivity index (χ3v) is 5.20. The van der Waals surface area contributed by atoms with Crippen LogP contribution in [0.3, 0.4) is 0 Å². The van der Waals surface area contributed by atoms with Crippen LogP contribution in [-0.4, -0.2) is 26.5 Å². The van der Waals surface area contributed by atoms with Crippen molar-refractivity contribution in [3.8, 4) is 0 Å². The van der Waals surface area contributed by atoms with Crippen molar-refractivity contribution < 1.29 is 22.9 Å². The van der Waals surface area contributed by atoms with Crippen LogP contribution < -0.4 is 10.2 Å². The molecule has 3 rings (SSSR count). The summed E-state index contributed by atoms with van der Waals surface area (Å²) >= 11 is 0. The lowest BCUT2D eigenvalue weighted by Crippen LogP contribution is -2.31. The summed E-state index contributed by atoms with van der Waals surface area (Å²) in [7, 11) is -4.78. The summed E-state index contributed by atoms with van der Waals surface area (Å²) in [4.78, 5) is 12.0. The van der Waals surface area contributed by atoms with Crippen molar-refractivity contribution in [3.63, 3.8) is 0 Å². The van der Waals surface area contributed by atoms with Crippen molar-refractivity contribution in [1.29, 1.82) is 0 Å². The highest BCUT2D eigenvalue weighted by Crippen LogP contribution is 2.13. The first-order valence-electron chi connectivity index (χ1n) is 7.48. The minimum Gasteiger partial charge on any atom is -0.423 e. The predicted octanol–water partition coefficient (Wildman–Crippen LogP) is 0.342. The average Bonchev–Trinajstić information content (AvgIpc) is 2.94. The summed E-state index contributed by atoms with van der Waals surface area (Å²) < 4.78 is 31.3. The van der Waals surface area contributed by atoms with Gasteiger partial charge in [-0.3, -0.25) is 4.79 Å². The molecule has 2 aromatic carbocycles. The van der Waals surface area contributed by atoms with Gasteiger partial charge in [0.15, 0.2) is 0 Å². The molecular formula is C16H16BNO5S. The van der Waals surface area contributed by atoms with Crippen LogP contribution in [0.2, 0.25) is 0 Å². The van der Waals surface area contributed by atoms with E-state index in [1.807, 2.05) is 12.1 Å². The molecule has 6 nitrogen and oxygen atoms in total. The Kier molecular flexibility index (Phi) is 4.70. The average molecular weight is 345 g/mol. The van der Waals surface area contributed by atoms with E-state index in [1.165, 1.54) is 12.1 Å². The number of amides is 1. The molecule has 0 spiro atoms. The van der Waals surface area contributed by atoms with Gasteiger partial charge in [0.05, 0.1) is 11.5 Å². The van der Waals surface area contributed by atoms with Crippen molar-refractivity contribution in [2.45, 2.75) is 24.3 Å². The fourth-order valence-electron chi connectivity index (χ4n) is 2.54. The highest BCUT2D eigenvalue weighted by molar-refractivity contribution is 7.90. The zero-order valence-electron chi connectivity index (χ0n) is 12.8. The molecule has 0 atom stereocenters. The zero-order chi connectivity index (χ0) is 17.2. The van der Waals surface area contributed by atoms with Gasteiger partial charge in [-0.2, -0.15) is 0 Å². The molecule has 124 valence electrons. The SMILES string of the molecule is O=C(CCc1ccc2c(c1)B(O)OC2)NS(=O)(=O)c1ccccc1. The maximum atomic E-state index is 12.1. The number of hydrogen-bond acceptors (Lipinski definition) is 5. The molecule has 1 heterocycles. The second kappa shape index (κ2) is 6.76. The molecule has 0 bridgehead atoms. The normalized spacial score (nSPS) is 13.6. The molecular weight excluding hydrogens is 329 g/mol. The second-order valence-corrected chi connectivity index (χ2v) is 7.22. The fourth-order valence-corrected chi connectivity index (χ4v) is 3.57.